The predicted octanol–water partition coefficient (Wildman–Crippen LogP) is 6.53. The van der Waals surface area contributed by atoms with Gasteiger partial charge < -0.3 is 10.2 Å². The van der Waals surface area contributed by atoms with Crippen molar-refractivity contribution in [2.45, 2.75) is 64.4 Å². The van der Waals surface area contributed by atoms with Crippen molar-refractivity contribution in [1.82, 2.24) is 10.2 Å². The Hall–Kier alpha value is -3.07. The third kappa shape index (κ3) is 8.24. The van der Waals surface area contributed by atoms with Crippen LogP contribution in [-0.4, -0.2) is 44.3 Å². The lowest BCUT2D eigenvalue weighted by atomic mass is 10.1. The van der Waals surface area contributed by atoms with Crippen molar-refractivity contribution in [1.29, 1.82) is 0 Å². The van der Waals surface area contributed by atoms with Crippen LogP contribution in [0.1, 0.15) is 49.8 Å². The Bertz CT molecular complexity index is 1470. The van der Waals surface area contributed by atoms with Crippen LogP contribution >= 0.6 is 23.2 Å². The first kappa shape index (κ1) is 32.4. The maximum atomic E-state index is 14.2. The van der Waals surface area contributed by atoms with Gasteiger partial charge in [-0.2, -0.15) is 0 Å². The highest BCUT2D eigenvalue weighted by Gasteiger charge is 2.34. The monoisotopic (exact) mass is 617 g/mol. The SMILES string of the molecule is CCCCNC(=O)[C@@H](CC)N(Cc1ccc(Cl)c(Cl)c1)C(=O)CN(c1cc(C)ccc1C)S(=O)(=O)c1ccccc1. The van der Waals surface area contributed by atoms with Gasteiger partial charge in [0.15, 0.2) is 0 Å². The quantitative estimate of drug-likeness (QED) is 0.221. The van der Waals surface area contributed by atoms with E-state index in [0.717, 1.165) is 22.7 Å². The number of hydrogen-bond donors (Lipinski definition) is 1. The zero-order valence-electron chi connectivity index (χ0n) is 23.9. The Morgan fingerprint density at radius 3 is 2.27 bits per heavy atom. The number of carbonyl (C=O) groups excluding carboxylic acids is 2. The van der Waals surface area contributed by atoms with Gasteiger partial charge in [0.2, 0.25) is 11.8 Å². The van der Waals surface area contributed by atoms with Crippen molar-refractivity contribution in [2.24, 2.45) is 0 Å². The third-order valence-corrected chi connectivity index (χ3v) is 9.31. The lowest BCUT2D eigenvalue weighted by Crippen LogP contribution is -2.52. The van der Waals surface area contributed by atoms with Gasteiger partial charge >= 0.3 is 0 Å². The number of nitrogens with one attached hydrogen (secondary N) is 1. The fourth-order valence-corrected chi connectivity index (χ4v) is 6.29. The summed E-state index contributed by atoms with van der Waals surface area (Å²) in [6.07, 6.45) is 2.05. The van der Waals surface area contributed by atoms with E-state index in [1.807, 2.05) is 32.9 Å². The largest absolute Gasteiger partial charge is 0.354 e. The highest BCUT2D eigenvalue weighted by atomic mass is 35.5. The van der Waals surface area contributed by atoms with Gasteiger partial charge in [-0.3, -0.25) is 13.9 Å². The topological polar surface area (TPSA) is 86.8 Å². The predicted molar refractivity (Wildman–Crippen MR) is 166 cm³/mol. The Morgan fingerprint density at radius 1 is 0.927 bits per heavy atom. The number of amides is 2. The molecule has 10 heteroatoms. The average molecular weight is 619 g/mol. The second-order valence-corrected chi connectivity index (χ2v) is 12.6. The van der Waals surface area contributed by atoms with Crippen LogP contribution < -0.4 is 9.62 Å². The van der Waals surface area contributed by atoms with Gasteiger partial charge in [-0.1, -0.05) is 79.9 Å². The fourth-order valence-electron chi connectivity index (χ4n) is 4.48. The molecule has 0 heterocycles. The molecule has 3 rings (SSSR count). The van der Waals surface area contributed by atoms with Crippen LogP contribution in [0.4, 0.5) is 5.69 Å². The van der Waals surface area contributed by atoms with Crippen molar-refractivity contribution >= 4 is 50.7 Å². The minimum Gasteiger partial charge on any atom is -0.354 e. The number of aryl methyl sites for hydroxylation is 2. The van der Waals surface area contributed by atoms with E-state index < -0.39 is 28.5 Å². The van der Waals surface area contributed by atoms with Crippen molar-refractivity contribution in [3.63, 3.8) is 0 Å². The van der Waals surface area contributed by atoms with Gasteiger partial charge in [0.25, 0.3) is 10.0 Å². The number of benzene rings is 3. The van der Waals surface area contributed by atoms with E-state index in [1.165, 1.54) is 17.0 Å². The molecule has 0 aliphatic rings. The molecule has 2 amide bonds. The van der Waals surface area contributed by atoms with E-state index in [-0.39, 0.29) is 17.3 Å². The molecule has 3 aromatic carbocycles. The number of rotatable bonds is 13. The number of sulfonamides is 1. The Morgan fingerprint density at radius 2 is 1.63 bits per heavy atom. The van der Waals surface area contributed by atoms with Crippen LogP contribution in [0.25, 0.3) is 0 Å². The molecular formula is C31H37Cl2N3O4S. The fraction of sp³-hybridized carbons (Fsp3) is 0.355. The molecule has 3 aromatic rings. The molecule has 0 spiro atoms. The molecule has 0 bridgehead atoms. The molecule has 0 aliphatic heterocycles. The summed E-state index contributed by atoms with van der Waals surface area (Å²) in [7, 11) is -4.13. The molecule has 220 valence electrons. The van der Waals surface area contributed by atoms with E-state index in [4.69, 9.17) is 23.2 Å². The summed E-state index contributed by atoms with van der Waals surface area (Å²) in [5.41, 5.74) is 2.61. The summed E-state index contributed by atoms with van der Waals surface area (Å²) in [5.74, 6) is -0.812. The number of hydrogen-bond acceptors (Lipinski definition) is 4. The Kier molecular flexibility index (Phi) is 11.6. The zero-order chi connectivity index (χ0) is 30.2. The second kappa shape index (κ2) is 14.7. The highest BCUT2D eigenvalue weighted by molar-refractivity contribution is 7.92. The van der Waals surface area contributed by atoms with Crippen LogP contribution in [0.15, 0.2) is 71.6 Å². The standard InChI is InChI=1S/C31H37Cl2N3O4S/c1-5-7-17-34-31(38)28(6-2)35(20-24-15-16-26(32)27(33)19-24)30(37)21-36(29-18-22(3)13-14-23(29)4)41(39,40)25-11-9-8-10-12-25/h8-16,18-19,28H,5-7,17,20-21H2,1-4H3,(H,34,38)/t28-/m1/s1. The summed E-state index contributed by atoms with van der Waals surface area (Å²) < 4.78 is 29.1. The first-order valence-electron chi connectivity index (χ1n) is 13.7. The molecule has 0 fully saturated rings. The van der Waals surface area contributed by atoms with E-state index in [9.17, 15) is 18.0 Å². The van der Waals surface area contributed by atoms with Crippen molar-refractivity contribution in [3.8, 4) is 0 Å². The minimum atomic E-state index is -4.13. The van der Waals surface area contributed by atoms with Crippen LogP contribution in [0.3, 0.4) is 0 Å². The maximum absolute atomic E-state index is 14.2. The smallest absolute Gasteiger partial charge is 0.264 e. The molecule has 0 radical (unpaired) electrons. The number of unbranched alkanes of at least 4 members (excludes halogenated alkanes) is 1. The maximum Gasteiger partial charge on any atom is 0.264 e. The molecule has 0 aromatic heterocycles. The van der Waals surface area contributed by atoms with Gasteiger partial charge in [-0.25, -0.2) is 8.42 Å². The minimum absolute atomic E-state index is 0.0431. The van der Waals surface area contributed by atoms with Crippen molar-refractivity contribution in [2.75, 3.05) is 17.4 Å². The van der Waals surface area contributed by atoms with Crippen LogP contribution in [0.5, 0.6) is 0 Å². The first-order valence-corrected chi connectivity index (χ1v) is 15.8. The van der Waals surface area contributed by atoms with Gasteiger partial charge in [0, 0.05) is 13.1 Å². The Balaban J connectivity index is 2.08. The number of nitrogens with zero attached hydrogens (tertiary/aromatic N) is 2. The summed E-state index contributed by atoms with van der Waals surface area (Å²) in [5, 5.41) is 3.61. The third-order valence-electron chi connectivity index (χ3n) is 6.80. The average Bonchev–Trinajstić information content (AvgIpc) is 2.95. The van der Waals surface area contributed by atoms with Crippen LogP contribution in [0.2, 0.25) is 10.0 Å². The summed E-state index contributed by atoms with van der Waals surface area (Å²) >= 11 is 12.4. The van der Waals surface area contributed by atoms with Gasteiger partial charge in [-0.15, -0.1) is 0 Å². The number of halogens is 2. The lowest BCUT2D eigenvalue weighted by Gasteiger charge is -2.33. The second-order valence-electron chi connectivity index (χ2n) is 9.95. The van der Waals surface area contributed by atoms with Crippen molar-refractivity contribution < 1.29 is 18.0 Å². The molecule has 0 saturated carbocycles. The lowest BCUT2D eigenvalue weighted by molar-refractivity contribution is -0.140. The molecule has 0 unspecified atom stereocenters. The van der Waals surface area contributed by atoms with Gasteiger partial charge in [-0.05, 0) is 73.7 Å². The molecular weight excluding hydrogens is 581 g/mol. The molecule has 7 nitrogen and oxygen atoms in total. The Labute approximate surface area is 253 Å². The number of carbonyl (C=O) groups is 2. The van der Waals surface area contributed by atoms with Gasteiger partial charge in [0.05, 0.1) is 20.6 Å². The number of anilines is 1. The first-order chi connectivity index (χ1) is 19.5. The molecule has 1 atom stereocenters. The van der Waals surface area contributed by atoms with Crippen LogP contribution in [0, 0.1) is 13.8 Å². The normalized spacial score (nSPS) is 12.0. The molecule has 1 N–H and O–H groups in total. The summed E-state index contributed by atoms with van der Waals surface area (Å²) in [6, 6.07) is 17.7. The van der Waals surface area contributed by atoms with Crippen LogP contribution in [-0.2, 0) is 26.2 Å². The van der Waals surface area contributed by atoms with Crippen molar-refractivity contribution in [3.05, 3.63) is 93.5 Å². The highest BCUT2D eigenvalue weighted by Crippen LogP contribution is 2.29. The zero-order valence-corrected chi connectivity index (χ0v) is 26.2. The van der Waals surface area contributed by atoms with E-state index >= 15 is 0 Å². The molecule has 41 heavy (non-hydrogen) atoms. The summed E-state index contributed by atoms with van der Waals surface area (Å²) in [4.78, 5) is 29.0. The van der Waals surface area contributed by atoms with Gasteiger partial charge in [0.1, 0.15) is 12.6 Å². The molecule has 0 aliphatic carbocycles. The van der Waals surface area contributed by atoms with E-state index in [1.54, 1.807) is 49.4 Å². The molecule has 0 saturated heterocycles. The van der Waals surface area contributed by atoms with E-state index in [2.05, 4.69) is 5.32 Å². The summed E-state index contributed by atoms with van der Waals surface area (Å²) in [6.45, 7) is 7.54. The van der Waals surface area contributed by atoms with E-state index in [0.29, 0.717) is 39.8 Å².